The number of hydrogen-bond donors (Lipinski definition) is 3. The maximum absolute atomic E-state index is 11.3. The number of nitrogens with zero attached hydrogens (tertiary/aromatic N) is 1. The number of hydrogen-bond acceptors (Lipinski definition) is 5. The van der Waals surface area contributed by atoms with E-state index < -0.39 is 18.2 Å². The van der Waals surface area contributed by atoms with E-state index in [1.165, 1.54) is 13.3 Å². The van der Waals surface area contributed by atoms with Crippen molar-refractivity contribution < 1.29 is 19.7 Å². The van der Waals surface area contributed by atoms with Crippen LogP contribution < -0.4 is 0 Å². The van der Waals surface area contributed by atoms with E-state index in [1.807, 2.05) is 0 Å². The number of aromatic amines is 1. The van der Waals surface area contributed by atoms with Crippen molar-refractivity contribution >= 4 is 21.9 Å². The highest BCUT2D eigenvalue weighted by molar-refractivity contribution is 9.09. The van der Waals surface area contributed by atoms with Gasteiger partial charge in [-0.2, -0.15) is 5.10 Å². The Morgan fingerprint density at radius 3 is 2.94 bits per heavy atom. The van der Waals surface area contributed by atoms with Gasteiger partial charge < -0.3 is 14.9 Å². The molecule has 0 aliphatic rings. The van der Waals surface area contributed by atoms with E-state index in [4.69, 9.17) is 0 Å². The zero-order valence-electron chi connectivity index (χ0n) is 8.68. The van der Waals surface area contributed by atoms with Crippen LogP contribution in [0.2, 0.25) is 0 Å². The number of aliphatic hydroxyl groups excluding tert-OH is 2. The van der Waals surface area contributed by atoms with Crippen molar-refractivity contribution in [2.24, 2.45) is 0 Å². The van der Waals surface area contributed by atoms with Gasteiger partial charge in [0.15, 0.2) is 0 Å². The zero-order valence-corrected chi connectivity index (χ0v) is 10.3. The van der Waals surface area contributed by atoms with Crippen LogP contribution in [0.25, 0.3) is 0 Å². The number of methoxy groups -OCH3 is 1. The van der Waals surface area contributed by atoms with E-state index in [2.05, 4.69) is 30.9 Å². The number of carbonyl (C=O) groups is 1. The summed E-state index contributed by atoms with van der Waals surface area (Å²) in [5.74, 6) is -0.627. The van der Waals surface area contributed by atoms with Gasteiger partial charge in [-0.1, -0.05) is 15.9 Å². The van der Waals surface area contributed by atoms with Crippen LogP contribution in [0.5, 0.6) is 0 Å². The third-order valence-corrected chi connectivity index (χ3v) is 2.60. The lowest BCUT2D eigenvalue weighted by Crippen LogP contribution is -2.20. The second kappa shape index (κ2) is 5.97. The molecule has 0 fully saturated rings. The van der Waals surface area contributed by atoms with Gasteiger partial charge in [0.1, 0.15) is 11.8 Å². The summed E-state index contributed by atoms with van der Waals surface area (Å²) >= 11 is 3.16. The molecule has 1 aromatic heterocycles. The van der Waals surface area contributed by atoms with Crippen molar-refractivity contribution in [2.45, 2.75) is 18.6 Å². The van der Waals surface area contributed by atoms with Crippen LogP contribution in [0, 0.1) is 0 Å². The molecular weight excluding hydrogens is 280 g/mol. The smallest absolute Gasteiger partial charge is 0.356 e. The van der Waals surface area contributed by atoms with E-state index in [1.54, 1.807) is 0 Å². The molecule has 0 saturated carbocycles. The number of halogens is 1. The molecule has 0 aromatic carbocycles. The molecule has 6 nitrogen and oxygen atoms in total. The average Bonchev–Trinajstić information content (AvgIpc) is 2.76. The highest BCUT2D eigenvalue weighted by atomic mass is 79.9. The molecule has 1 aromatic rings. The van der Waals surface area contributed by atoms with E-state index in [0.717, 1.165) is 0 Å². The first-order valence-electron chi connectivity index (χ1n) is 4.65. The van der Waals surface area contributed by atoms with Gasteiger partial charge in [-0.05, 0) is 6.42 Å². The third-order valence-electron chi connectivity index (χ3n) is 2.15. The maximum atomic E-state index is 11.3. The van der Waals surface area contributed by atoms with Crippen LogP contribution in [0.4, 0.5) is 0 Å². The molecule has 1 rings (SSSR count). The largest absolute Gasteiger partial charge is 0.464 e. The van der Waals surface area contributed by atoms with Gasteiger partial charge >= 0.3 is 5.97 Å². The van der Waals surface area contributed by atoms with Crippen LogP contribution in [-0.4, -0.2) is 44.9 Å². The summed E-state index contributed by atoms with van der Waals surface area (Å²) in [5.41, 5.74) is 0.295. The molecule has 0 amide bonds. The van der Waals surface area contributed by atoms with Crippen molar-refractivity contribution in [1.82, 2.24) is 10.2 Å². The summed E-state index contributed by atoms with van der Waals surface area (Å²) in [6.07, 6.45) is -0.452. The molecular formula is C9H13BrN2O4. The van der Waals surface area contributed by atoms with Crippen LogP contribution in [0.1, 0.15) is 28.6 Å². The topological polar surface area (TPSA) is 95.4 Å². The quantitative estimate of drug-likeness (QED) is 0.538. The lowest BCUT2D eigenvalue weighted by Gasteiger charge is -2.16. The molecule has 0 aliphatic heterocycles. The Labute approximate surface area is 101 Å². The molecule has 16 heavy (non-hydrogen) atoms. The number of nitrogens with one attached hydrogen (secondary N) is 1. The number of ether oxygens (including phenoxy) is 1. The molecule has 0 spiro atoms. The lowest BCUT2D eigenvalue weighted by atomic mass is 10.0. The number of aromatic nitrogens is 2. The Morgan fingerprint density at radius 2 is 2.38 bits per heavy atom. The molecule has 0 aliphatic carbocycles. The number of alkyl halides is 1. The first kappa shape index (κ1) is 13.1. The minimum absolute atomic E-state index is 0.0589. The molecule has 3 N–H and O–H groups in total. The van der Waals surface area contributed by atoms with Crippen molar-refractivity contribution in [1.29, 1.82) is 0 Å². The third kappa shape index (κ3) is 2.81. The van der Waals surface area contributed by atoms with Gasteiger partial charge in [-0.15, -0.1) is 0 Å². The molecule has 7 heteroatoms. The SMILES string of the molecule is COC(=O)c1[nH]ncc1C(O)C(O)CCBr. The maximum Gasteiger partial charge on any atom is 0.356 e. The number of carbonyl (C=O) groups excluding carboxylic acids is 1. The lowest BCUT2D eigenvalue weighted by molar-refractivity contribution is 0.0161. The fourth-order valence-electron chi connectivity index (χ4n) is 1.26. The van der Waals surface area contributed by atoms with Gasteiger partial charge in [0, 0.05) is 10.9 Å². The Bertz CT molecular complexity index is 355. The summed E-state index contributed by atoms with van der Waals surface area (Å²) in [5, 5.41) is 26.0. The zero-order chi connectivity index (χ0) is 12.1. The molecule has 0 saturated heterocycles. The van der Waals surface area contributed by atoms with E-state index >= 15 is 0 Å². The van der Waals surface area contributed by atoms with Crippen LogP contribution >= 0.6 is 15.9 Å². The van der Waals surface area contributed by atoms with E-state index in [0.29, 0.717) is 11.8 Å². The Hall–Kier alpha value is -0.920. The Morgan fingerprint density at radius 1 is 1.69 bits per heavy atom. The van der Waals surface area contributed by atoms with Crippen LogP contribution in [0.15, 0.2) is 6.20 Å². The highest BCUT2D eigenvalue weighted by Gasteiger charge is 2.25. The van der Waals surface area contributed by atoms with Crippen molar-refractivity contribution in [3.8, 4) is 0 Å². The van der Waals surface area contributed by atoms with Crippen molar-refractivity contribution in [3.05, 3.63) is 17.5 Å². The second-order valence-electron chi connectivity index (χ2n) is 3.18. The van der Waals surface area contributed by atoms with Gasteiger partial charge in [0.2, 0.25) is 0 Å². The summed E-state index contributed by atoms with van der Waals surface area (Å²) in [6.45, 7) is 0. The van der Waals surface area contributed by atoms with Gasteiger partial charge in [-0.25, -0.2) is 4.79 Å². The molecule has 0 radical (unpaired) electrons. The summed E-state index contributed by atoms with van der Waals surface area (Å²) in [6, 6.07) is 0. The predicted molar refractivity (Wildman–Crippen MR) is 59.3 cm³/mol. The molecule has 90 valence electrons. The number of H-pyrrole nitrogens is 1. The Kier molecular flexibility index (Phi) is 4.91. The van der Waals surface area contributed by atoms with Gasteiger partial charge in [0.25, 0.3) is 0 Å². The van der Waals surface area contributed by atoms with E-state index in [-0.39, 0.29) is 11.3 Å². The van der Waals surface area contributed by atoms with Gasteiger partial charge in [0.05, 0.1) is 19.4 Å². The number of aliphatic hydroxyl groups is 2. The summed E-state index contributed by atoms with van der Waals surface area (Å²) in [7, 11) is 1.23. The standard InChI is InChI=1S/C9H13BrN2O4/c1-16-9(15)7-5(4-11-12-7)8(14)6(13)2-3-10/h4,6,8,13-14H,2-3H2,1H3,(H,11,12). The first-order valence-corrected chi connectivity index (χ1v) is 5.77. The Balaban J connectivity index is 2.87. The first-order chi connectivity index (χ1) is 7.61. The number of rotatable bonds is 5. The summed E-state index contributed by atoms with van der Waals surface area (Å²) < 4.78 is 4.51. The average molecular weight is 293 g/mol. The van der Waals surface area contributed by atoms with E-state index in [9.17, 15) is 15.0 Å². The molecule has 1 heterocycles. The monoisotopic (exact) mass is 292 g/mol. The molecule has 0 bridgehead atoms. The fraction of sp³-hybridized carbons (Fsp3) is 0.556. The van der Waals surface area contributed by atoms with Gasteiger partial charge in [-0.3, -0.25) is 5.10 Å². The number of esters is 1. The fourth-order valence-corrected chi connectivity index (χ4v) is 1.73. The summed E-state index contributed by atoms with van der Waals surface area (Å²) in [4.78, 5) is 11.3. The molecule has 2 atom stereocenters. The van der Waals surface area contributed by atoms with Crippen molar-refractivity contribution in [2.75, 3.05) is 12.4 Å². The second-order valence-corrected chi connectivity index (χ2v) is 3.97. The minimum atomic E-state index is -1.16. The van der Waals surface area contributed by atoms with Crippen LogP contribution in [0.3, 0.4) is 0 Å². The molecule has 2 unspecified atom stereocenters. The highest BCUT2D eigenvalue weighted by Crippen LogP contribution is 2.22. The van der Waals surface area contributed by atoms with Crippen LogP contribution in [-0.2, 0) is 4.74 Å². The normalized spacial score (nSPS) is 14.5. The predicted octanol–water partition coefficient (Wildman–Crippen LogP) is 0.376. The minimum Gasteiger partial charge on any atom is -0.464 e. The van der Waals surface area contributed by atoms with Crippen molar-refractivity contribution in [3.63, 3.8) is 0 Å².